The molecular weight excluding hydrogens is 250 g/mol. The van der Waals surface area contributed by atoms with Gasteiger partial charge in [0.1, 0.15) is 16.0 Å². The Labute approximate surface area is 90.4 Å². The van der Waals surface area contributed by atoms with Gasteiger partial charge in [-0.3, -0.25) is 0 Å². The molecule has 4 nitrogen and oxygen atoms in total. The van der Waals surface area contributed by atoms with E-state index in [0.717, 1.165) is 0 Å². The van der Waals surface area contributed by atoms with Gasteiger partial charge in [-0.15, -0.1) is 0 Å². The van der Waals surface area contributed by atoms with Crippen molar-refractivity contribution in [2.75, 3.05) is 13.7 Å². The van der Waals surface area contributed by atoms with E-state index < -0.39 is 6.04 Å². The quantitative estimate of drug-likeness (QED) is 0.763. The lowest BCUT2D eigenvalue weighted by atomic mass is 10.1. The fraction of sp³-hybridized carbons (Fsp3) is 0.333. The highest BCUT2D eigenvalue weighted by atomic mass is 79.9. The summed E-state index contributed by atoms with van der Waals surface area (Å²) in [5.74, 6) is 0.530. The van der Waals surface area contributed by atoms with Crippen LogP contribution < -0.4 is 10.5 Å². The average molecular weight is 262 g/mol. The van der Waals surface area contributed by atoms with E-state index in [1.54, 1.807) is 12.1 Å². The monoisotopic (exact) mass is 261 g/mol. The fourth-order valence-corrected chi connectivity index (χ4v) is 1.64. The number of rotatable bonds is 3. The zero-order chi connectivity index (χ0) is 10.7. The van der Waals surface area contributed by atoms with Gasteiger partial charge in [0.05, 0.1) is 19.8 Å². The maximum Gasteiger partial charge on any atom is 0.138 e. The van der Waals surface area contributed by atoms with Crippen molar-refractivity contribution in [1.29, 1.82) is 0 Å². The van der Waals surface area contributed by atoms with Gasteiger partial charge in [-0.05, 0) is 28.1 Å². The largest absolute Gasteiger partial charge is 0.506 e. The van der Waals surface area contributed by atoms with Crippen LogP contribution in [0.5, 0.6) is 11.5 Å². The molecule has 0 saturated carbocycles. The molecule has 0 heterocycles. The lowest BCUT2D eigenvalue weighted by Gasteiger charge is -2.13. The molecule has 0 fully saturated rings. The van der Waals surface area contributed by atoms with Gasteiger partial charge in [-0.25, -0.2) is 0 Å². The highest BCUT2D eigenvalue weighted by Crippen LogP contribution is 2.38. The second-order valence-electron chi connectivity index (χ2n) is 2.81. The smallest absolute Gasteiger partial charge is 0.138 e. The number of halogens is 1. The number of aliphatic hydroxyl groups excluding tert-OH is 1. The predicted molar refractivity (Wildman–Crippen MR) is 56.4 cm³/mol. The molecule has 1 atom stereocenters. The number of benzene rings is 1. The number of methoxy groups -OCH3 is 1. The first-order valence-electron chi connectivity index (χ1n) is 4.03. The van der Waals surface area contributed by atoms with Crippen molar-refractivity contribution in [3.63, 3.8) is 0 Å². The fourth-order valence-electron chi connectivity index (χ4n) is 1.12. The number of aromatic hydroxyl groups is 1. The maximum atomic E-state index is 9.69. The molecule has 0 amide bonds. The van der Waals surface area contributed by atoms with Gasteiger partial charge in [0.15, 0.2) is 0 Å². The molecule has 1 unspecified atom stereocenters. The molecule has 0 saturated heterocycles. The molecule has 0 radical (unpaired) electrons. The number of phenolic OH excluding ortho intramolecular Hbond substituents is 1. The lowest BCUT2D eigenvalue weighted by Crippen LogP contribution is -2.14. The van der Waals surface area contributed by atoms with E-state index in [4.69, 9.17) is 15.6 Å². The SMILES string of the molecule is COc1ccc(C(N)CO)c(O)c1Br. The highest BCUT2D eigenvalue weighted by molar-refractivity contribution is 9.10. The van der Waals surface area contributed by atoms with E-state index in [9.17, 15) is 5.11 Å². The number of phenols is 1. The first-order chi connectivity index (χ1) is 6.61. The van der Waals surface area contributed by atoms with Crippen LogP contribution in [0, 0.1) is 0 Å². The van der Waals surface area contributed by atoms with Crippen LogP contribution in [0.3, 0.4) is 0 Å². The van der Waals surface area contributed by atoms with Gasteiger partial charge < -0.3 is 20.7 Å². The van der Waals surface area contributed by atoms with Gasteiger partial charge in [-0.2, -0.15) is 0 Å². The summed E-state index contributed by atoms with van der Waals surface area (Å²) in [5.41, 5.74) is 6.07. The van der Waals surface area contributed by atoms with Crippen molar-refractivity contribution in [2.45, 2.75) is 6.04 Å². The molecule has 0 aromatic heterocycles. The van der Waals surface area contributed by atoms with Crippen LogP contribution in [0.1, 0.15) is 11.6 Å². The molecular formula is C9H12BrNO3. The maximum absolute atomic E-state index is 9.69. The summed E-state index contributed by atoms with van der Waals surface area (Å²) < 4.78 is 5.43. The number of ether oxygens (including phenoxy) is 1. The second-order valence-corrected chi connectivity index (χ2v) is 3.60. The molecule has 5 heteroatoms. The minimum absolute atomic E-state index is 0.00546. The first kappa shape index (κ1) is 11.3. The summed E-state index contributed by atoms with van der Waals surface area (Å²) in [6, 6.07) is 2.71. The Balaban J connectivity index is 3.17. The Morgan fingerprint density at radius 2 is 2.21 bits per heavy atom. The van der Waals surface area contributed by atoms with E-state index in [1.165, 1.54) is 7.11 Å². The van der Waals surface area contributed by atoms with Gasteiger partial charge in [0.25, 0.3) is 0 Å². The summed E-state index contributed by atoms with van der Waals surface area (Å²) in [4.78, 5) is 0. The van der Waals surface area contributed by atoms with Crippen LogP contribution in [-0.2, 0) is 0 Å². The van der Waals surface area contributed by atoms with Gasteiger partial charge in [-0.1, -0.05) is 0 Å². The Morgan fingerprint density at radius 1 is 1.57 bits per heavy atom. The molecule has 0 aliphatic rings. The third-order valence-electron chi connectivity index (χ3n) is 1.93. The van der Waals surface area contributed by atoms with E-state index in [0.29, 0.717) is 15.8 Å². The van der Waals surface area contributed by atoms with Crippen molar-refractivity contribution in [1.82, 2.24) is 0 Å². The molecule has 1 aromatic carbocycles. The van der Waals surface area contributed by atoms with Crippen LogP contribution in [0.25, 0.3) is 0 Å². The summed E-state index contributed by atoms with van der Waals surface area (Å²) in [7, 11) is 1.51. The van der Waals surface area contributed by atoms with Crippen LogP contribution in [0.4, 0.5) is 0 Å². The summed E-state index contributed by atoms with van der Waals surface area (Å²) in [5, 5.41) is 18.5. The first-order valence-corrected chi connectivity index (χ1v) is 4.83. The Morgan fingerprint density at radius 3 is 2.71 bits per heavy atom. The van der Waals surface area contributed by atoms with E-state index in [1.807, 2.05) is 0 Å². The molecule has 0 spiro atoms. The summed E-state index contributed by atoms with van der Waals surface area (Å²) in [6.45, 7) is -0.216. The molecule has 4 N–H and O–H groups in total. The van der Waals surface area contributed by atoms with Crippen LogP contribution in [0.15, 0.2) is 16.6 Å². The Hall–Kier alpha value is -0.780. The lowest BCUT2D eigenvalue weighted by molar-refractivity contribution is 0.265. The van der Waals surface area contributed by atoms with Crippen LogP contribution >= 0.6 is 15.9 Å². The highest BCUT2D eigenvalue weighted by Gasteiger charge is 2.15. The molecule has 14 heavy (non-hydrogen) atoms. The van der Waals surface area contributed by atoms with Crippen molar-refractivity contribution in [3.8, 4) is 11.5 Å². The normalized spacial score (nSPS) is 12.6. The van der Waals surface area contributed by atoms with Gasteiger partial charge >= 0.3 is 0 Å². The minimum Gasteiger partial charge on any atom is -0.506 e. The van der Waals surface area contributed by atoms with Crippen LogP contribution in [0.2, 0.25) is 0 Å². The summed E-state index contributed by atoms with van der Waals surface area (Å²) in [6.07, 6.45) is 0. The predicted octanol–water partition coefficient (Wildman–Crippen LogP) is 1.16. The topological polar surface area (TPSA) is 75.7 Å². The average Bonchev–Trinajstić information content (AvgIpc) is 2.21. The van der Waals surface area contributed by atoms with E-state index in [2.05, 4.69) is 15.9 Å². The summed E-state index contributed by atoms with van der Waals surface area (Å²) >= 11 is 3.18. The van der Waals surface area contributed by atoms with Crippen molar-refractivity contribution < 1.29 is 14.9 Å². The molecule has 0 aliphatic carbocycles. The molecule has 1 aromatic rings. The Bertz CT molecular complexity index is 330. The van der Waals surface area contributed by atoms with Crippen molar-refractivity contribution in [2.24, 2.45) is 5.73 Å². The molecule has 1 rings (SSSR count). The Kier molecular flexibility index (Phi) is 3.74. The third-order valence-corrected chi connectivity index (χ3v) is 2.69. The van der Waals surface area contributed by atoms with Gasteiger partial charge in [0.2, 0.25) is 0 Å². The third kappa shape index (κ3) is 2.00. The number of nitrogens with two attached hydrogens (primary N) is 1. The minimum atomic E-state index is -0.586. The molecule has 0 bridgehead atoms. The van der Waals surface area contributed by atoms with E-state index in [-0.39, 0.29) is 12.4 Å². The molecule has 78 valence electrons. The second kappa shape index (κ2) is 4.63. The molecule has 0 aliphatic heterocycles. The van der Waals surface area contributed by atoms with Crippen molar-refractivity contribution >= 4 is 15.9 Å². The van der Waals surface area contributed by atoms with E-state index >= 15 is 0 Å². The van der Waals surface area contributed by atoms with Crippen molar-refractivity contribution in [3.05, 3.63) is 22.2 Å². The number of aliphatic hydroxyl groups is 1. The number of hydrogen-bond acceptors (Lipinski definition) is 4. The number of hydrogen-bond donors (Lipinski definition) is 3. The standard InChI is InChI=1S/C9H12BrNO3/c1-14-7-3-2-5(6(11)4-12)9(13)8(7)10/h2-3,6,12-13H,4,11H2,1H3. The van der Waals surface area contributed by atoms with Gasteiger partial charge in [0, 0.05) is 5.56 Å². The van der Waals surface area contributed by atoms with Crippen LogP contribution in [-0.4, -0.2) is 23.9 Å². The zero-order valence-corrected chi connectivity index (χ0v) is 9.28. The zero-order valence-electron chi connectivity index (χ0n) is 7.70.